The number of phenols is 1. The molecule has 1 rings (SSSR count). The van der Waals surface area contributed by atoms with Crippen LogP contribution in [0.3, 0.4) is 0 Å². The van der Waals surface area contributed by atoms with Crippen molar-refractivity contribution in [1.82, 2.24) is 5.32 Å². The molecule has 0 aliphatic heterocycles. The number of aliphatic hydroxyl groups is 1. The van der Waals surface area contributed by atoms with Gasteiger partial charge in [-0.3, -0.25) is 4.79 Å². The number of phenolic OH excluding ortho intramolecular Hbond substituents is 1. The molecule has 0 saturated carbocycles. The van der Waals surface area contributed by atoms with Gasteiger partial charge in [0.25, 0.3) is 0 Å². The Bertz CT molecular complexity index is 455. The first-order chi connectivity index (χ1) is 9.34. The molecule has 0 aromatic heterocycles. The predicted octanol–water partition coefficient (Wildman–Crippen LogP) is 2.16. The fourth-order valence-corrected chi connectivity index (χ4v) is 1.89. The van der Waals surface area contributed by atoms with Crippen LogP contribution in [0, 0.1) is 12.3 Å². The summed E-state index contributed by atoms with van der Waals surface area (Å²) < 4.78 is 0. The normalized spacial score (nSPS) is 11.4. The SMILES string of the molecule is Cc1ccc(CC(=O)NCCCC(C)(C)CO)cc1O. The van der Waals surface area contributed by atoms with E-state index in [0.29, 0.717) is 6.54 Å². The first-order valence-electron chi connectivity index (χ1n) is 7.00. The Hall–Kier alpha value is -1.55. The van der Waals surface area contributed by atoms with Crippen LogP contribution < -0.4 is 5.32 Å². The summed E-state index contributed by atoms with van der Waals surface area (Å²) in [6.07, 6.45) is 1.99. The first kappa shape index (κ1) is 16.5. The average molecular weight is 279 g/mol. The lowest BCUT2D eigenvalue weighted by Gasteiger charge is -2.21. The molecule has 4 heteroatoms. The fraction of sp³-hybridized carbons (Fsp3) is 0.562. The van der Waals surface area contributed by atoms with Crippen molar-refractivity contribution < 1.29 is 15.0 Å². The zero-order valence-electron chi connectivity index (χ0n) is 12.6. The van der Waals surface area contributed by atoms with Gasteiger partial charge in [-0.2, -0.15) is 0 Å². The van der Waals surface area contributed by atoms with Crippen LogP contribution >= 0.6 is 0 Å². The van der Waals surface area contributed by atoms with E-state index in [1.54, 1.807) is 6.07 Å². The summed E-state index contributed by atoms with van der Waals surface area (Å²) in [5.74, 6) is 0.176. The number of rotatable bonds is 7. The van der Waals surface area contributed by atoms with Crippen molar-refractivity contribution in [3.63, 3.8) is 0 Å². The third-order valence-corrected chi connectivity index (χ3v) is 3.42. The molecule has 1 aromatic rings. The summed E-state index contributed by atoms with van der Waals surface area (Å²) in [5, 5.41) is 21.6. The number of hydrogen-bond donors (Lipinski definition) is 3. The van der Waals surface area contributed by atoms with Crippen LogP contribution in [0.5, 0.6) is 5.75 Å². The highest BCUT2D eigenvalue weighted by Crippen LogP contribution is 2.20. The van der Waals surface area contributed by atoms with E-state index >= 15 is 0 Å². The number of amides is 1. The Morgan fingerprint density at radius 1 is 1.35 bits per heavy atom. The third-order valence-electron chi connectivity index (χ3n) is 3.42. The van der Waals surface area contributed by atoms with E-state index in [9.17, 15) is 9.90 Å². The number of aromatic hydroxyl groups is 1. The molecular weight excluding hydrogens is 254 g/mol. The highest BCUT2D eigenvalue weighted by molar-refractivity contribution is 5.78. The smallest absolute Gasteiger partial charge is 0.224 e. The molecule has 20 heavy (non-hydrogen) atoms. The fourth-order valence-electron chi connectivity index (χ4n) is 1.89. The van der Waals surface area contributed by atoms with Crippen LogP contribution in [0.4, 0.5) is 0 Å². The minimum absolute atomic E-state index is 0.0462. The van der Waals surface area contributed by atoms with Crippen molar-refractivity contribution in [3.05, 3.63) is 29.3 Å². The number of benzene rings is 1. The van der Waals surface area contributed by atoms with E-state index < -0.39 is 0 Å². The highest BCUT2D eigenvalue weighted by atomic mass is 16.3. The minimum Gasteiger partial charge on any atom is -0.508 e. The Balaban J connectivity index is 2.32. The average Bonchev–Trinajstić information content (AvgIpc) is 2.39. The monoisotopic (exact) mass is 279 g/mol. The number of hydrogen-bond acceptors (Lipinski definition) is 3. The summed E-state index contributed by atoms with van der Waals surface area (Å²) in [7, 11) is 0. The molecule has 0 bridgehead atoms. The van der Waals surface area contributed by atoms with Gasteiger partial charge in [-0.1, -0.05) is 26.0 Å². The molecule has 112 valence electrons. The summed E-state index contributed by atoms with van der Waals surface area (Å²) in [6, 6.07) is 5.29. The minimum atomic E-state index is -0.0898. The van der Waals surface area contributed by atoms with Crippen molar-refractivity contribution in [2.24, 2.45) is 5.41 Å². The number of aryl methyl sites for hydroxylation is 1. The topological polar surface area (TPSA) is 69.6 Å². The summed E-state index contributed by atoms with van der Waals surface area (Å²) in [5.41, 5.74) is 1.52. The largest absolute Gasteiger partial charge is 0.508 e. The zero-order chi connectivity index (χ0) is 15.2. The molecule has 0 atom stereocenters. The van der Waals surface area contributed by atoms with Crippen molar-refractivity contribution in [1.29, 1.82) is 0 Å². The molecular formula is C16H25NO3. The maximum atomic E-state index is 11.8. The second-order valence-corrected chi connectivity index (χ2v) is 6.07. The second-order valence-electron chi connectivity index (χ2n) is 6.07. The lowest BCUT2D eigenvalue weighted by atomic mass is 9.89. The van der Waals surface area contributed by atoms with Crippen molar-refractivity contribution >= 4 is 5.91 Å². The van der Waals surface area contributed by atoms with Gasteiger partial charge in [-0.05, 0) is 42.4 Å². The number of aliphatic hydroxyl groups excluding tert-OH is 1. The highest BCUT2D eigenvalue weighted by Gasteiger charge is 2.15. The molecule has 0 spiro atoms. The van der Waals surface area contributed by atoms with Gasteiger partial charge in [-0.15, -0.1) is 0 Å². The molecule has 0 heterocycles. The molecule has 0 aliphatic carbocycles. The predicted molar refractivity (Wildman–Crippen MR) is 79.7 cm³/mol. The van der Waals surface area contributed by atoms with Crippen LogP contribution in [0.15, 0.2) is 18.2 Å². The maximum absolute atomic E-state index is 11.8. The van der Waals surface area contributed by atoms with E-state index in [1.807, 2.05) is 32.9 Å². The Morgan fingerprint density at radius 3 is 2.65 bits per heavy atom. The van der Waals surface area contributed by atoms with Crippen LogP contribution in [0.25, 0.3) is 0 Å². The third kappa shape index (κ3) is 5.61. The van der Waals surface area contributed by atoms with Crippen molar-refractivity contribution in [2.45, 2.75) is 40.0 Å². The van der Waals surface area contributed by atoms with Gasteiger partial charge >= 0.3 is 0 Å². The van der Waals surface area contributed by atoms with Gasteiger partial charge in [0.15, 0.2) is 0 Å². The van der Waals surface area contributed by atoms with Gasteiger partial charge in [0, 0.05) is 13.2 Å². The van der Waals surface area contributed by atoms with Crippen LogP contribution in [-0.4, -0.2) is 29.3 Å². The summed E-state index contributed by atoms with van der Waals surface area (Å²) in [4.78, 5) is 11.8. The van der Waals surface area contributed by atoms with E-state index in [4.69, 9.17) is 5.11 Å². The molecule has 4 nitrogen and oxygen atoms in total. The lowest BCUT2D eigenvalue weighted by molar-refractivity contribution is -0.120. The number of carbonyl (C=O) groups is 1. The zero-order valence-corrected chi connectivity index (χ0v) is 12.6. The first-order valence-corrected chi connectivity index (χ1v) is 7.00. The van der Waals surface area contributed by atoms with Gasteiger partial charge in [0.1, 0.15) is 5.75 Å². The van der Waals surface area contributed by atoms with E-state index in [0.717, 1.165) is 24.0 Å². The standard InChI is InChI=1S/C16H25NO3/c1-12-5-6-13(9-14(12)19)10-15(20)17-8-4-7-16(2,3)11-18/h5-6,9,18-19H,4,7-8,10-11H2,1-3H3,(H,17,20). The van der Waals surface area contributed by atoms with Gasteiger partial charge in [0.2, 0.25) is 5.91 Å². The van der Waals surface area contributed by atoms with E-state index in [-0.39, 0.29) is 30.1 Å². The Kier molecular flexibility index (Phi) is 6.02. The van der Waals surface area contributed by atoms with Gasteiger partial charge in [-0.25, -0.2) is 0 Å². The van der Waals surface area contributed by atoms with Crippen molar-refractivity contribution in [3.8, 4) is 5.75 Å². The quantitative estimate of drug-likeness (QED) is 0.670. The number of nitrogens with one attached hydrogen (secondary N) is 1. The molecule has 1 aromatic carbocycles. The molecule has 0 radical (unpaired) electrons. The van der Waals surface area contributed by atoms with E-state index in [1.165, 1.54) is 0 Å². The molecule has 3 N–H and O–H groups in total. The summed E-state index contributed by atoms with van der Waals surface area (Å²) in [6.45, 7) is 6.60. The van der Waals surface area contributed by atoms with Gasteiger partial charge < -0.3 is 15.5 Å². The lowest BCUT2D eigenvalue weighted by Crippen LogP contribution is -2.27. The number of carbonyl (C=O) groups excluding carboxylic acids is 1. The maximum Gasteiger partial charge on any atom is 0.224 e. The second kappa shape index (κ2) is 7.29. The molecule has 0 saturated heterocycles. The molecule has 0 aliphatic rings. The van der Waals surface area contributed by atoms with Crippen LogP contribution in [-0.2, 0) is 11.2 Å². The molecule has 0 unspecified atom stereocenters. The van der Waals surface area contributed by atoms with Crippen molar-refractivity contribution in [2.75, 3.05) is 13.2 Å². The van der Waals surface area contributed by atoms with Crippen LogP contribution in [0.1, 0.15) is 37.8 Å². The molecule has 1 amide bonds. The van der Waals surface area contributed by atoms with E-state index in [2.05, 4.69) is 5.32 Å². The molecule has 0 fully saturated rings. The summed E-state index contributed by atoms with van der Waals surface area (Å²) >= 11 is 0. The van der Waals surface area contributed by atoms with Gasteiger partial charge in [0.05, 0.1) is 6.42 Å². The van der Waals surface area contributed by atoms with Crippen LogP contribution in [0.2, 0.25) is 0 Å². The Labute approximate surface area is 120 Å². The Morgan fingerprint density at radius 2 is 2.05 bits per heavy atom.